The molecule has 0 spiro atoms. The number of benzene rings is 1. The van der Waals surface area contributed by atoms with Crippen molar-refractivity contribution >= 4 is 35.5 Å². The second-order valence-electron chi connectivity index (χ2n) is 6.08. The number of thioether (sulfide) groups is 1. The molecule has 1 N–H and O–H groups in total. The summed E-state index contributed by atoms with van der Waals surface area (Å²) in [5.41, 5.74) is -0.0250. The molecule has 9 nitrogen and oxygen atoms in total. The number of nitrogens with one attached hydrogen (secondary N) is 1. The summed E-state index contributed by atoms with van der Waals surface area (Å²) < 4.78 is 10.2. The topological polar surface area (TPSA) is 125 Å². The Morgan fingerprint density at radius 3 is 2.59 bits per heavy atom. The van der Waals surface area contributed by atoms with Gasteiger partial charge in [0.2, 0.25) is 0 Å². The Balaban J connectivity index is 0.00000300. The van der Waals surface area contributed by atoms with Gasteiger partial charge in [-0.15, -0.1) is 11.8 Å². The molecule has 2 aliphatic rings. The predicted molar refractivity (Wildman–Crippen MR) is 95.6 cm³/mol. The molecule has 0 saturated carbocycles. The van der Waals surface area contributed by atoms with Crippen LogP contribution in [0.25, 0.3) is 0 Å². The summed E-state index contributed by atoms with van der Waals surface area (Å²) in [6.45, 7) is 0.700. The van der Waals surface area contributed by atoms with Crippen LogP contribution < -0.4 is 44.7 Å². The number of hydrogen-bond donors (Lipinski definition) is 1. The normalized spacial score (nSPS) is 20.0. The van der Waals surface area contributed by atoms with E-state index in [1.807, 2.05) is 6.07 Å². The number of para-hydroxylation sites is 1. The first kappa shape index (κ1) is 23.3. The van der Waals surface area contributed by atoms with Gasteiger partial charge in [0.25, 0.3) is 11.8 Å². The van der Waals surface area contributed by atoms with Crippen LogP contribution in [0.15, 0.2) is 41.6 Å². The van der Waals surface area contributed by atoms with E-state index in [1.165, 1.54) is 18.7 Å². The summed E-state index contributed by atoms with van der Waals surface area (Å²) in [6.07, 6.45) is 0. The van der Waals surface area contributed by atoms with Crippen LogP contribution in [-0.2, 0) is 23.9 Å². The zero-order valence-corrected chi connectivity index (χ0v) is 18.7. The summed E-state index contributed by atoms with van der Waals surface area (Å²) in [5.74, 6) is -2.40. The SMILES string of the molecule is CC(=O)OCC1=C(C(=O)[O-])N2C(=O)[C@H](NC(=O)COc3ccccc3)[C@H]2SC1.[Na+]. The van der Waals surface area contributed by atoms with Gasteiger partial charge in [0.05, 0.1) is 11.7 Å². The number of carbonyl (C=O) groups excluding carboxylic acids is 4. The van der Waals surface area contributed by atoms with E-state index in [4.69, 9.17) is 9.47 Å². The van der Waals surface area contributed by atoms with E-state index in [0.717, 1.165) is 4.90 Å². The van der Waals surface area contributed by atoms with Gasteiger partial charge in [0.1, 0.15) is 23.8 Å². The number of carboxylic acid groups (broad SMARTS) is 1. The summed E-state index contributed by atoms with van der Waals surface area (Å²) in [7, 11) is 0. The molecular weight excluding hydrogens is 411 g/mol. The summed E-state index contributed by atoms with van der Waals surface area (Å²) in [4.78, 5) is 48.1. The zero-order valence-electron chi connectivity index (χ0n) is 15.9. The van der Waals surface area contributed by atoms with Gasteiger partial charge in [-0.2, -0.15) is 0 Å². The van der Waals surface area contributed by atoms with Gasteiger partial charge in [-0.05, 0) is 12.1 Å². The van der Waals surface area contributed by atoms with E-state index < -0.39 is 35.2 Å². The smallest absolute Gasteiger partial charge is 0.543 e. The second-order valence-corrected chi connectivity index (χ2v) is 7.18. The van der Waals surface area contributed by atoms with Crippen LogP contribution in [0.1, 0.15) is 6.92 Å². The van der Waals surface area contributed by atoms with E-state index in [2.05, 4.69) is 5.32 Å². The number of ether oxygens (including phenoxy) is 2. The Kier molecular flexibility index (Phi) is 8.14. The van der Waals surface area contributed by atoms with Crippen LogP contribution >= 0.6 is 11.8 Å². The van der Waals surface area contributed by atoms with Gasteiger partial charge in [-0.3, -0.25) is 19.3 Å². The largest absolute Gasteiger partial charge is 1.00 e. The molecule has 1 aromatic carbocycles. The van der Waals surface area contributed by atoms with E-state index in [9.17, 15) is 24.3 Å². The summed E-state index contributed by atoms with van der Waals surface area (Å²) >= 11 is 1.27. The van der Waals surface area contributed by atoms with Crippen LogP contribution in [0.2, 0.25) is 0 Å². The van der Waals surface area contributed by atoms with Crippen LogP contribution in [0.3, 0.4) is 0 Å². The fraction of sp³-hybridized carbons (Fsp3) is 0.333. The van der Waals surface area contributed by atoms with Crippen molar-refractivity contribution in [3.63, 3.8) is 0 Å². The Labute approximate surface area is 193 Å². The number of carboxylic acids is 1. The van der Waals surface area contributed by atoms with E-state index in [0.29, 0.717) is 5.75 Å². The molecule has 1 saturated heterocycles. The Hall–Kier alpha value is -2.01. The third-order valence-electron chi connectivity index (χ3n) is 4.12. The molecule has 0 aliphatic carbocycles. The number of esters is 1. The number of nitrogens with zero attached hydrogens (tertiary/aromatic N) is 1. The third kappa shape index (κ3) is 5.33. The molecule has 148 valence electrons. The minimum absolute atomic E-state index is 0. The van der Waals surface area contributed by atoms with Crippen molar-refractivity contribution in [2.75, 3.05) is 19.0 Å². The fourth-order valence-electron chi connectivity index (χ4n) is 2.85. The average molecular weight is 428 g/mol. The fourth-order valence-corrected chi connectivity index (χ4v) is 4.18. The second kappa shape index (κ2) is 10.1. The van der Waals surface area contributed by atoms with Gasteiger partial charge < -0.3 is 24.7 Å². The number of β-lactam (4-membered cyclic amide) rings is 1. The standard InChI is InChI=1S/C18H18N2O7S.Na/c1-10(21)26-7-11-9-28-17-14(16(23)20(17)15(11)18(24)25)19-13(22)8-27-12-5-3-2-4-6-12;/h2-6,14,17H,7-9H2,1H3,(H,19,22)(H,24,25);/q;+1/p-1/t14-,17+;/m0./s1. The predicted octanol–water partition coefficient (Wildman–Crippen LogP) is -3.96. The van der Waals surface area contributed by atoms with Crippen molar-refractivity contribution in [2.24, 2.45) is 0 Å². The van der Waals surface area contributed by atoms with Crippen molar-refractivity contribution in [2.45, 2.75) is 18.3 Å². The molecule has 29 heavy (non-hydrogen) atoms. The minimum atomic E-state index is -1.53. The Morgan fingerprint density at radius 2 is 1.97 bits per heavy atom. The van der Waals surface area contributed by atoms with Crippen LogP contribution in [0.4, 0.5) is 0 Å². The van der Waals surface area contributed by atoms with Crippen molar-refractivity contribution in [3.8, 4) is 5.75 Å². The Bertz CT molecular complexity index is 846. The summed E-state index contributed by atoms with van der Waals surface area (Å²) in [6, 6.07) is 7.87. The number of rotatable bonds is 7. The van der Waals surface area contributed by atoms with Crippen molar-refractivity contribution in [1.82, 2.24) is 10.2 Å². The molecule has 1 aromatic rings. The number of hydrogen-bond acceptors (Lipinski definition) is 8. The van der Waals surface area contributed by atoms with E-state index in [-0.39, 0.29) is 59.8 Å². The van der Waals surface area contributed by atoms with E-state index >= 15 is 0 Å². The zero-order chi connectivity index (χ0) is 20.3. The molecule has 3 rings (SSSR count). The van der Waals surface area contributed by atoms with Gasteiger partial charge in [0, 0.05) is 18.2 Å². The maximum absolute atomic E-state index is 12.4. The summed E-state index contributed by atoms with van der Waals surface area (Å²) in [5, 5.41) is 13.5. The Morgan fingerprint density at radius 1 is 1.28 bits per heavy atom. The maximum atomic E-state index is 12.4. The number of amides is 2. The minimum Gasteiger partial charge on any atom is -0.543 e. The maximum Gasteiger partial charge on any atom is 1.00 e. The van der Waals surface area contributed by atoms with Crippen LogP contribution in [0, 0.1) is 0 Å². The molecule has 2 atom stereocenters. The van der Waals surface area contributed by atoms with Crippen molar-refractivity contribution < 1.29 is 63.3 Å². The van der Waals surface area contributed by atoms with Gasteiger partial charge in [-0.1, -0.05) is 18.2 Å². The number of fused-ring (bicyclic) bond motifs is 1. The molecule has 0 radical (unpaired) electrons. The first-order chi connectivity index (χ1) is 13.4. The molecule has 0 unspecified atom stereocenters. The van der Waals surface area contributed by atoms with Crippen molar-refractivity contribution in [1.29, 1.82) is 0 Å². The quantitative estimate of drug-likeness (QED) is 0.265. The number of aliphatic carboxylic acids is 1. The molecular formula is C18H17N2NaO7S. The molecule has 2 heterocycles. The molecule has 2 amide bonds. The molecule has 11 heteroatoms. The van der Waals surface area contributed by atoms with Crippen LogP contribution in [-0.4, -0.2) is 59.0 Å². The molecule has 1 fully saturated rings. The van der Waals surface area contributed by atoms with Gasteiger partial charge in [-0.25, -0.2) is 0 Å². The number of carbonyl (C=O) groups is 4. The first-order valence-electron chi connectivity index (χ1n) is 8.37. The van der Waals surface area contributed by atoms with Crippen molar-refractivity contribution in [3.05, 3.63) is 41.6 Å². The third-order valence-corrected chi connectivity index (χ3v) is 5.46. The van der Waals surface area contributed by atoms with Crippen LogP contribution in [0.5, 0.6) is 5.75 Å². The first-order valence-corrected chi connectivity index (χ1v) is 9.42. The molecule has 0 bridgehead atoms. The molecule has 2 aliphatic heterocycles. The average Bonchev–Trinajstić information content (AvgIpc) is 2.68. The monoisotopic (exact) mass is 428 g/mol. The van der Waals surface area contributed by atoms with E-state index in [1.54, 1.807) is 24.3 Å². The van der Waals surface area contributed by atoms with Gasteiger partial charge >= 0.3 is 35.5 Å². The molecule has 0 aromatic heterocycles. The van der Waals surface area contributed by atoms with Gasteiger partial charge in [0.15, 0.2) is 6.61 Å².